The van der Waals surface area contributed by atoms with E-state index in [9.17, 15) is 0 Å². The minimum absolute atomic E-state index is 0.441. The summed E-state index contributed by atoms with van der Waals surface area (Å²) in [6, 6.07) is 2.41. The average Bonchev–Trinajstić information content (AvgIpc) is 2.73. The third kappa shape index (κ3) is 2.25. The van der Waals surface area contributed by atoms with E-state index in [2.05, 4.69) is 33.9 Å². The van der Waals surface area contributed by atoms with Crippen molar-refractivity contribution in [1.29, 1.82) is 0 Å². The van der Waals surface area contributed by atoms with Crippen LogP contribution in [0.2, 0.25) is 0 Å². The highest BCUT2D eigenvalue weighted by molar-refractivity contribution is 5.77. The zero-order valence-corrected chi connectivity index (χ0v) is 12.4. The van der Waals surface area contributed by atoms with Gasteiger partial charge in [0.2, 0.25) is 5.95 Å². The van der Waals surface area contributed by atoms with Crippen LogP contribution in [0, 0.1) is 6.92 Å². The maximum Gasteiger partial charge on any atom is 0.202 e. The minimum Gasteiger partial charge on any atom is -0.369 e. The second-order valence-electron chi connectivity index (χ2n) is 5.78. The van der Waals surface area contributed by atoms with Gasteiger partial charge in [0.1, 0.15) is 5.52 Å². The first-order valence-electron chi connectivity index (χ1n) is 7.02. The average molecular weight is 274 g/mol. The Kier molecular flexibility index (Phi) is 3.35. The second kappa shape index (κ2) is 5.03. The number of hydrogen-bond acceptors (Lipinski definition) is 5. The first kappa shape index (κ1) is 13.3. The van der Waals surface area contributed by atoms with E-state index in [1.54, 1.807) is 0 Å². The van der Waals surface area contributed by atoms with Gasteiger partial charge in [-0.2, -0.15) is 0 Å². The molecule has 0 aromatic carbocycles. The van der Waals surface area contributed by atoms with E-state index < -0.39 is 0 Å². The predicted molar refractivity (Wildman–Crippen MR) is 80.6 cm³/mol. The minimum atomic E-state index is 0.441. The van der Waals surface area contributed by atoms with Gasteiger partial charge < -0.3 is 10.6 Å². The number of fused-ring (bicyclic) bond motifs is 1. The molecule has 3 rings (SSSR count). The van der Waals surface area contributed by atoms with Gasteiger partial charge in [-0.3, -0.25) is 9.47 Å². The summed E-state index contributed by atoms with van der Waals surface area (Å²) in [5.41, 5.74) is 9.03. The van der Waals surface area contributed by atoms with E-state index in [-0.39, 0.29) is 0 Å². The fourth-order valence-electron chi connectivity index (χ4n) is 2.84. The number of nitrogens with zero attached hydrogens (tertiary/aromatic N) is 5. The van der Waals surface area contributed by atoms with Crippen LogP contribution in [0.3, 0.4) is 0 Å². The first-order chi connectivity index (χ1) is 9.56. The lowest BCUT2D eigenvalue weighted by Gasteiger charge is -2.37. The number of nitrogen functional groups attached to an aromatic ring is 1. The molecule has 2 aromatic rings. The summed E-state index contributed by atoms with van der Waals surface area (Å²) in [6.45, 7) is 6.12. The molecule has 1 atom stereocenters. The Labute approximate surface area is 119 Å². The van der Waals surface area contributed by atoms with Crippen molar-refractivity contribution < 1.29 is 0 Å². The maximum atomic E-state index is 6.10. The molecule has 1 aliphatic rings. The lowest BCUT2D eigenvalue weighted by atomic mass is 10.2. The van der Waals surface area contributed by atoms with E-state index in [0.717, 1.165) is 42.9 Å². The van der Waals surface area contributed by atoms with Gasteiger partial charge in [0, 0.05) is 38.4 Å². The monoisotopic (exact) mass is 274 g/mol. The summed E-state index contributed by atoms with van der Waals surface area (Å²) in [4.78, 5) is 13.7. The Morgan fingerprint density at radius 3 is 2.95 bits per heavy atom. The number of likely N-dealkylation sites (N-methyl/N-ethyl adjacent to an activating group) is 2. The van der Waals surface area contributed by atoms with E-state index in [1.165, 1.54) is 0 Å². The molecule has 0 saturated carbocycles. The Morgan fingerprint density at radius 1 is 1.35 bits per heavy atom. The van der Waals surface area contributed by atoms with Crippen molar-refractivity contribution in [1.82, 2.24) is 24.3 Å². The van der Waals surface area contributed by atoms with Crippen LogP contribution in [0.15, 0.2) is 12.3 Å². The van der Waals surface area contributed by atoms with Crippen LogP contribution in [0.4, 0.5) is 5.95 Å². The summed E-state index contributed by atoms with van der Waals surface area (Å²) in [5.74, 6) is 0.559. The highest BCUT2D eigenvalue weighted by atomic mass is 15.3. The van der Waals surface area contributed by atoms with Gasteiger partial charge in [-0.15, -0.1) is 0 Å². The van der Waals surface area contributed by atoms with Crippen LogP contribution < -0.4 is 5.73 Å². The van der Waals surface area contributed by atoms with Crippen LogP contribution in [0.25, 0.3) is 11.2 Å². The summed E-state index contributed by atoms with van der Waals surface area (Å²) >= 11 is 0. The van der Waals surface area contributed by atoms with Crippen LogP contribution >= 0.6 is 0 Å². The summed E-state index contributed by atoms with van der Waals surface area (Å²) < 4.78 is 2.04. The Bertz CT molecular complexity index is 619. The number of rotatable bonds is 2. The first-order valence-corrected chi connectivity index (χ1v) is 7.02. The molecule has 0 spiro atoms. The summed E-state index contributed by atoms with van der Waals surface area (Å²) in [5, 5.41) is 0. The van der Waals surface area contributed by atoms with Crippen molar-refractivity contribution in [3.05, 3.63) is 17.8 Å². The van der Waals surface area contributed by atoms with Gasteiger partial charge in [-0.25, -0.2) is 9.97 Å². The Hall–Kier alpha value is -1.66. The van der Waals surface area contributed by atoms with E-state index >= 15 is 0 Å². The third-order valence-corrected chi connectivity index (χ3v) is 4.24. The second-order valence-corrected chi connectivity index (χ2v) is 5.78. The molecule has 3 heterocycles. The highest BCUT2D eigenvalue weighted by Crippen LogP contribution is 2.20. The molecule has 2 N–H and O–H groups in total. The molecule has 1 saturated heterocycles. The smallest absolute Gasteiger partial charge is 0.202 e. The molecular weight excluding hydrogens is 252 g/mol. The third-order valence-electron chi connectivity index (χ3n) is 4.24. The quantitative estimate of drug-likeness (QED) is 0.867. The van der Waals surface area contributed by atoms with Crippen LogP contribution in [-0.2, 0) is 6.54 Å². The lowest BCUT2D eigenvalue weighted by molar-refractivity contribution is 0.104. The number of anilines is 1. The lowest BCUT2D eigenvalue weighted by Crippen LogP contribution is -2.51. The van der Waals surface area contributed by atoms with Crippen LogP contribution in [0.1, 0.15) is 5.56 Å². The number of pyridine rings is 1. The number of nitrogens with two attached hydrogens (primary N) is 1. The molecule has 6 nitrogen and oxygen atoms in total. The van der Waals surface area contributed by atoms with Crippen molar-refractivity contribution >= 4 is 17.1 Å². The molecule has 1 aliphatic heterocycles. The Balaban J connectivity index is 1.94. The molecule has 1 unspecified atom stereocenters. The SMILES string of the molecule is Cc1ccnc2c1nc(N)n2CC1CN(C)CCN1C. The normalized spacial score (nSPS) is 21.6. The topological polar surface area (TPSA) is 63.2 Å². The number of aryl methyl sites for hydroxylation is 1. The maximum absolute atomic E-state index is 6.10. The molecule has 0 radical (unpaired) electrons. The van der Waals surface area contributed by atoms with E-state index in [4.69, 9.17) is 5.73 Å². The van der Waals surface area contributed by atoms with Crippen molar-refractivity contribution in [2.24, 2.45) is 0 Å². The van der Waals surface area contributed by atoms with Crippen LogP contribution in [-0.4, -0.2) is 64.1 Å². The largest absolute Gasteiger partial charge is 0.369 e. The number of piperazine rings is 1. The van der Waals surface area contributed by atoms with Crippen molar-refractivity contribution in [2.45, 2.75) is 19.5 Å². The summed E-state index contributed by atoms with van der Waals surface area (Å²) in [7, 11) is 4.34. The van der Waals surface area contributed by atoms with Gasteiger partial charge in [-0.1, -0.05) is 0 Å². The zero-order chi connectivity index (χ0) is 14.3. The molecular formula is C14H22N6. The molecule has 1 fully saturated rings. The van der Waals surface area contributed by atoms with E-state index in [0.29, 0.717) is 12.0 Å². The van der Waals surface area contributed by atoms with Gasteiger partial charge >= 0.3 is 0 Å². The van der Waals surface area contributed by atoms with Crippen LogP contribution in [0.5, 0.6) is 0 Å². The number of aromatic nitrogens is 3. The number of hydrogen-bond donors (Lipinski definition) is 1. The van der Waals surface area contributed by atoms with Crippen molar-refractivity contribution in [3.8, 4) is 0 Å². The molecule has 20 heavy (non-hydrogen) atoms. The fourth-order valence-corrected chi connectivity index (χ4v) is 2.84. The van der Waals surface area contributed by atoms with Crippen molar-refractivity contribution in [2.75, 3.05) is 39.5 Å². The molecule has 2 aromatic heterocycles. The highest BCUT2D eigenvalue weighted by Gasteiger charge is 2.24. The summed E-state index contributed by atoms with van der Waals surface area (Å²) in [6.07, 6.45) is 1.83. The van der Waals surface area contributed by atoms with Crippen molar-refractivity contribution in [3.63, 3.8) is 0 Å². The molecule has 0 aliphatic carbocycles. The van der Waals surface area contributed by atoms with Gasteiger partial charge in [-0.05, 0) is 32.6 Å². The Morgan fingerprint density at radius 2 is 2.15 bits per heavy atom. The standard InChI is InChI=1S/C14H22N6/c1-10-4-5-16-13-12(10)17-14(15)20(13)9-11-8-18(2)6-7-19(11)3/h4-5,11H,6-9H2,1-3H3,(H2,15,17). The fraction of sp³-hybridized carbons (Fsp3) is 0.571. The predicted octanol–water partition coefficient (Wildman–Crippen LogP) is 0.568. The van der Waals surface area contributed by atoms with Gasteiger partial charge in [0.05, 0.1) is 0 Å². The van der Waals surface area contributed by atoms with Gasteiger partial charge in [0.25, 0.3) is 0 Å². The van der Waals surface area contributed by atoms with Gasteiger partial charge in [0.15, 0.2) is 5.65 Å². The molecule has 0 amide bonds. The zero-order valence-electron chi connectivity index (χ0n) is 12.4. The molecule has 6 heteroatoms. The number of imidazole rings is 1. The molecule has 108 valence electrons. The molecule has 0 bridgehead atoms. The van der Waals surface area contributed by atoms with E-state index in [1.807, 2.05) is 23.8 Å².